The number of ketones is 1. The van der Waals surface area contributed by atoms with Crippen LogP contribution in [0.3, 0.4) is 0 Å². The minimum Gasteiger partial charge on any atom is -0.485 e. The van der Waals surface area contributed by atoms with Gasteiger partial charge in [-0.2, -0.15) is 0 Å². The summed E-state index contributed by atoms with van der Waals surface area (Å²) in [5.74, 6) is 0.431. The van der Waals surface area contributed by atoms with Crippen LogP contribution < -0.4 is 9.47 Å². The standard InChI is InChI=1S/C13H14O5/c1-3-16-13(15)12-7-17-11-6-9(8(2)14)4-5-10(11)18-12/h4-6,12H,3,7H2,1-2H3/t12-/m1/s1. The number of benzene rings is 1. The zero-order chi connectivity index (χ0) is 13.1. The maximum Gasteiger partial charge on any atom is 0.350 e. The lowest BCUT2D eigenvalue weighted by atomic mass is 10.1. The van der Waals surface area contributed by atoms with Gasteiger partial charge < -0.3 is 14.2 Å². The van der Waals surface area contributed by atoms with Crippen LogP contribution in [0.1, 0.15) is 24.2 Å². The first-order chi connectivity index (χ1) is 8.61. The van der Waals surface area contributed by atoms with E-state index in [0.717, 1.165) is 0 Å². The average molecular weight is 250 g/mol. The predicted molar refractivity (Wildman–Crippen MR) is 63.0 cm³/mol. The van der Waals surface area contributed by atoms with Gasteiger partial charge in [0.25, 0.3) is 0 Å². The Hall–Kier alpha value is -2.04. The van der Waals surface area contributed by atoms with Gasteiger partial charge in [-0.15, -0.1) is 0 Å². The first-order valence-electron chi connectivity index (χ1n) is 5.73. The van der Waals surface area contributed by atoms with E-state index in [9.17, 15) is 9.59 Å². The van der Waals surface area contributed by atoms with E-state index >= 15 is 0 Å². The highest BCUT2D eigenvalue weighted by atomic mass is 16.6. The number of fused-ring (bicyclic) bond motifs is 1. The monoisotopic (exact) mass is 250 g/mol. The second-order valence-corrected chi connectivity index (χ2v) is 3.89. The Kier molecular flexibility index (Phi) is 3.50. The van der Waals surface area contributed by atoms with Crippen LogP contribution in [-0.4, -0.2) is 31.1 Å². The molecule has 0 bridgehead atoms. The van der Waals surface area contributed by atoms with Crippen LogP contribution in [0.25, 0.3) is 0 Å². The highest BCUT2D eigenvalue weighted by Crippen LogP contribution is 2.32. The van der Waals surface area contributed by atoms with Crippen LogP contribution in [0.15, 0.2) is 18.2 Å². The number of hydrogen-bond acceptors (Lipinski definition) is 5. The number of ether oxygens (including phenoxy) is 3. The molecule has 0 amide bonds. The van der Waals surface area contributed by atoms with Crippen molar-refractivity contribution >= 4 is 11.8 Å². The quantitative estimate of drug-likeness (QED) is 0.602. The van der Waals surface area contributed by atoms with E-state index in [1.54, 1.807) is 25.1 Å². The Morgan fingerprint density at radius 1 is 1.39 bits per heavy atom. The van der Waals surface area contributed by atoms with E-state index in [1.807, 2.05) is 0 Å². The molecule has 0 spiro atoms. The summed E-state index contributed by atoms with van der Waals surface area (Å²) in [6, 6.07) is 4.87. The van der Waals surface area contributed by atoms with E-state index in [4.69, 9.17) is 14.2 Å². The van der Waals surface area contributed by atoms with Gasteiger partial charge in [-0.1, -0.05) is 0 Å². The molecule has 1 aromatic carbocycles. The van der Waals surface area contributed by atoms with E-state index in [1.165, 1.54) is 6.92 Å². The minimum atomic E-state index is -0.749. The van der Waals surface area contributed by atoms with Gasteiger partial charge in [0.05, 0.1) is 6.61 Å². The number of carbonyl (C=O) groups is 2. The van der Waals surface area contributed by atoms with E-state index in [2.05, 4.69) is 0 Å². The lowest BCUT2D eigenvalue weighted by Gasteiger charge is -2.25. The summed E-state index contributed by atoms with van der Waals surface area (Å²) < 4.78 is 15.7. The van der Waals surface area contributed by atoms with Crippen molar-refractivity contribution in [3.8, 4) is 11.5 Å². The molecular weight excluding hydrogens is 236 g/mol. The topological polar surface area (TPSA) is 61.8 Å². The molecule has 1 aliphatic rings. The number of Topliss-reactive ketones (excluding diaryl/α,β-unsaturated/α-hetero) is 1. The first-order valence-corrected chi connectivity index (χ1v) is 5.73. The van der Waals surface area contributed by atoms with Crippen molar-refractivity contribution in [3.63, 3.8) is 0 Å². The molecule has 1 heterocycles. The second kappa shape index (κ2) is 5.08. The molecule has 0 aromatic heterocycles. The van der Waals surface area contributed by atoms with Crippen molar-refractivity contribution in [1.29, 1.82) is 0 Å². The van der Waals surface area contributed by atoms with Crippen LogP contribution in [0, 0.1) is 0 Å². The highest BCUT2D eigenvalue weighted by molar-refractivity contribution is 5.94. The molecule has 2 rings (SSSR count). The minimum absolute atomic E-state index is 0.0473. The zero-order valence-electron chi connectivity index (χ0n) is 10.3. The summed E-state index contributed by atoms with van der Waals surface area (Å²) in [5.41, 5.74) is 0.548. The summed E-state index contributed by atoms with van der Waals surface area (Å²) in [7, 11) is 0. The molecule has 5 nitrogen and oxygen atoms in total. The zero-order valence-corrected chi connectivity index (χ0v) is 10.3. The van der Waals surface area contributed by atoms with Crippen molar-refractivity contribution in [2.45, 2.75) is 20.0 Å². The molecule has 96 valence electrons. The summed E-state index contributed by atoms with van der Waals surface area (Å²) >= 11 is 0. The van der Waals surface area contributed by atoms with Gasteiger partial charge in [-0.3, -0.25) is 4.79 Å². The molecule has 0 fully saturated rings. The van der Waals surface area contributed by atoms with Crippen molar-refractivity contribution in [2.24, 2.45) is 0 Å². The Morgan fingerprint density at radius 3 is 2.83 bits per heavy atom. The molecular formula is C13H14O5. The van der Waals surface area contributed by atoms with Gasteiger partial charge in [-0.05, 0) is 32.0 Å². The van der Waals surface area contributed by atoms with Gasteiger partial charge >= 0.3 is 5.97 Å². The first kappa shape index (κ1) is 12.4. The Labute approximate surface area is 105 Å². The smallest absolute Gasteiger partial charge is 0.350 e. The van der Waals surface area contributed by atoms with Crippen LogP contribution in [0.4, 0.5) is 0 Å². The summed E-state index contributed by atoms with van der Waals surface area (Å²) in [5, 5.41) is 0. The van der Waals surface area contributed by atoms with Crippen molar-refractivity contribution in [3.05, 3.63) is 23.8 Å². The second-order valence-electron chi connectivity index (χ2n) is 3.89. The van der Waals surface area contributed by atoms with Crippen LogP contribution in [-0.2, 0) is 9.53 Å². The molecule has 0 radical (unpaired) electrons. The van der Waals surface area contributed by atoms with E-state index in [-0.39, 0.29) is 12.4 Å². The van der Waals surface area contributed by atoms with Gasteiger partial charge in [0.2, 0.25) is 6.10 Å². The number of hydrogen-bond donors (Lipinski definition) is 0. The third-order valence-electron chi connectivity index (χ3n) is 2.56. The molecule has 0 N–H and O–H groups in total. The number of esters is 1. The lowest BCUT2D eigenvalue weighted by Crippen LogP contribution is -2.37. The summed E-state index contributed by atoms with van der Waals surface area (Å²) in [6.07, 6.45) is -0.749. The average Bonchev–Trinajstić information content (AvgIpc) is 2.37. The Balaban J connectivity index is 2.16. The molecule has 0 saturated heterocycles. The van der Waals surface area contributed by atoms with Crippen molar-refractivity contribution in [1.82, 2.24) is 0 Å². The van der Waals surface area contributed by atoms with E-state index in [0.29, 0.717) is 23.7 Å². The van der Waals surface area contributed by atoms with E-state index < -0.39 is 12.1 Å². The highest BCUT2D eigenvalue weighted by Gasteiger charge is 2.28. The maximum absolute atomic E-state index is 11.5. The number of carbonyl (C=O) groups excluding carboxylic acids is 2. The molecule has 0 saturated carbocycles. The largest absolute Gasteiger partial charge is 0.485 e. The third-order valence-corrected chi connectivity index (χ3v) is 2.56. The SMILES string of the molecule is CCOC(=O)[C@H]1COc2cc(C(C)=O)ccc2O1. The van der Waals surface area contributed by atoms with Crippen molar-refractivity contribution in [2.75, 3.05) is 13.2 Å². The van der Waals surface area contributed by atoms with Gasteiger partial charge in [0.1, 0.15) is 6.61 Å². The lowest BCUT2D eigenvalue weighted by molar-refractivity contribution is -0.153. The predicted octanol–water partition coefficient (Wildman–Crippen LogP) is 1.59. The molecule has 1 aromatic rings. The normalized spacial score (nSPS) is 17.1. The Bertz CT molecular complexity index is 480. The van der Waals surface area contributed by atoms with Crippen LogP contribution in [0.2, 0.25) is 0 Å². The fourth-order valence-corrected chi connectivity index (χ4v) is 1.64. The molecule has 0 unspecified atom stereocenters. The number of rotatable bonds is 3. The Morgan fingerprint density at radius 2 is 2.17 bits per heavy atom. The van der Waals surface area contributed by atoms with Crippen LogP contribution >= 0.6 is 0 Å². The van der Waals surface area contributed by atoms with Crippen molar-refractivity contribution < 1.29 is 23.8 Å². The molecule has 5 heteroatoms. The van der Waals surface area contributed by atoms with Crippen LogP contribution in [0.5, 0.6) is 11.5 Å². The summed E-state index contributed by atoms with van der Waals surface area (Å²) in [4.78, 5) is 22.7. The fraction of sp³-hybridized carbons (Fsp3) is 0.385. The maximum atomic E-state index is 11.5. The summed E-state index contributed by atoms with van der Waals surface area (Å²) in [6.45, 7) is 3.60. The van der Waals surface area contributed by atoms with Gasteiger partial charge in [0, 0.05) is 5.56 Å². The fourth-order valence-electron chi connectivity index (χ4n) is 1.64. The molecule has 18 heavy (non-hydrogen) atoms. The van der Waals surface area contributed by atoms with Gasteiger partial charge in [0.15, 0.2) is 17.3 Å². The molecule has 0 aliphatic carbocycles. The van der Waals surface area contributed by atoms with Gasteiger partial charge in [-0.25, -0.2) is 4.79 Å². The molecule has 1 aliphatic heterocycles. The molecule has 1 atom stereocenters. The third kappa shape index (κ3) is 2.45.